The summed E-state index contributed by atoms with van der Waals surface area (Å²) in [5.41, 5.74) is -0.00717. The highest BCUT2D eigenvalue weighted by atomic mass is 32.2. The summed E-state index contributed by atoms with van der Waals surface area (Å²) in [7, 11) is -2.35. The van der Waals surface area contributed by atoms with E-state index in [1.807, 2.05) is 0 Å². The molecule has 8 heteroatoms. The molecule has 0 amide bonds. The Kier molecular flexibility index (Phi) is 4.51. The molecule has 1 rings (SSSR count). The van der Waals surface area contributed by atoms with Crippen LogP contribution in [-0.4, -0.2) is 39.1 Å². The summed E-state index contributed by atoms with van der Waals surface area (Å²) in [6.45, 7) is 2.79. The van der Waals surface area contributed by atoms with Crippen molar-refractivity contribution in [3.8, 4) is 0 Å². The maximum atomic E-state index is 11.7. The van der Waals surface area contributed by atoms with Gasteiger partial charge in [0.05, 0.1) is 30.2 Å². The zero-order valence-electron chi connectivity index (χ0n) is 11.4. The normalized spacial score (nSPS) is 11.1. The van der Waals surface area contributed by atoms with Crippen molar-refractivity contribution in [1.29, 1.82) is 0 Å². The Morgan fingerprint density at radius 1 is 1.05 bits per heavy atom. The van der Waals surface area contributed by atoms with E-state index in [0.29, 0.717) is 0 Å². The highest BCUT2D eigenvalue weighted by Crippen LogP contribution is 2.27. The molecule has 0 heterocycles. The maximum absolute atomic E-state index is 11.7. The molecule has 0 spiro atoms. The van der Waals surface area contributed by atoms with Crippen LogP contribution in [0.2, 0.25) is 0 Å². The van der Waals surface area contributed by atoms with E-state index in [2.05, 4.69) is 9.47 Å². The lowest BCUT2D eigenvalue weighted by Gasteiger charge is -2.14. The molecule has 0 fully saturated rings. The van der Waals surface area contributed by atoms with E-state index in [-0.39, 0.29) is 22.3 Å². The summed E-state index contributed by atoms with van der Waals surface area (Å²) >= 11 is 0. The molecule has 0 radical (unpaired) electrons. The smallest absolute Gasteiger partial charge is 0.338 e. The predicted octanol–water partition coefficient (Wildman–Crippen LogP) is 1.12. The van der Waals surface area contributed by atoms with Crippen molar-refractivity contribution in [2.75, 3.05) is 14.2 Å². The lowest BCUT2D eigenvalue weighted by atomic mass is 9.97. The van der Waals surface area contributed by atoms with Gasteiger partial charge in [-0.05, 0) is 31.0 Å². The molecule has 0 saturated heterocycles. The standard InChI is InChI=1S/C12H14O7S/c1-6-8(11(13)18-3)5-9(20(15,16)17)7(2)10(6)12(14)19-4/h5H,1-4H3,(H,15,16,17). The molecule has 0 bridgehead atoms. The number of hydrogen-bond acceptors (Lipinski definition) is 6. The summed E-state index contributed by atoms with van der Waals surface area (Å²) in [5, 5.41) is 0. The van der Waals surface area contributed by atoms with Gasteiger partial charge in [0.1, 0.15) is 0 Å². The lowest BCUT2D eigenvalue weighted by Crippen LogP contribution is -2.16. The fraction of sp³-hybridized carbons (Fsp3) is 0.333. The molecular formula is C12H14O7S. The third-order valence-electron chi connectivity index (χ3n) is 2.87. The van der Waals surface area contributed by atoms with Gasteiger partial charge in [-0.1, -0.05) is 0 Å². The molecule has 0 atom stereocenters. The number of esters is 2. The highest BCUT2D eigenvalue weighted by Gasteiger charge is 2.26. The Balaban J connectivity index is 3.84. The average molecular weight is 302 g/mol. The van der Waals surface area contributed by atoms with Crippen LogP contribution in [0.3, 0.4) is 0 Å². The van der Waals surface area contributed by atoms with Gasteiger partial charge in [-0.2, -0.15) is 8.42 Å². The van der Waals surface area contributed by atoms with E-state index < -0.39 is 27.0 Å². The molecule has 0 aliphatic heterocycles. The van der Waals surface area contributed by atoms with E-state index >= 15 is 0 Å². The van der Waals surface area contributed by atoms with Crippen LogP contribution in [0.25, 0.3) is 0 Å². The minimum Gasteiger partial charge on any atom is -0.465 e. The quantitative estimate of drug-likeness (QED) is 0.658. The molecule has 110 valence electrons. The number of rotatable bonds is 3. The zero-order valence-corrected chi connectivity index (χ0v) is 12.2. The number of hydrogen-bond donors (Lipinski definition) is 1. The van der Waals surface area contributed by atoms with Gasteiger partial charge in [-0.25, -0.2) is 9.59 Å². The van der Waals surface area contributed by atoms with Crippen LogP contribution in [0.1, 0.15) is 31.8 Å². The second-order valence-corrected chi connectivity index (χ2v) is 5.40. The monoisotopic (exact) mass is 302 g/mol. The summed E-state index contributed by atoms with van der Waals surface area (Å²) < 4.78 is 41.0. The van der Waals surface area contributed by atoms with Crippen molar-refractivity contribution >= 4 is 22.1 Å². The Morgan fingerprint density at radius 2 is 1.55 bits per heavy atom. The lowest BCUT2D eigenvalue weighted by molar-refractivity contribution is 0.0596. The van der Waals surface area contributed by atoms with Crippen LogP contribution in [0.4, 0.5) is 0 Å². The van der Waals surface area contributed by atoms with Gasteiger partial charge in [0.15, 0.2) is 0 Å². The van der Waals surface area contributed by atoms with E-state index in [1.165, 1.54) is 13.8 Å². The maximum Gasteiger partial charge on any atom is 0.338 e. The zero-order chi connectivity index (χ0) is 15.7. The molecule has 1 aromatic carbocycles. The first-order chi connectivity index (χ1) is 9.15. The van der Waals surface area contributed by atoms with Crippen molar-refractivity contribution in [3.63, 3.8) is 0 Å². The highest BCUT2D eigenvalue weighted by molar-refractivity contribution is 7.85. The number of benzene rings is 1. The van der Waals surface area contributed by atoms with E-state index in [0.717, 1.165) is 20.3 Å². The summed E-state index contributed by atoms with van der Waals surface area (Å²) in [6, 6.07) is 0.971. The van der Waals surface area contributed by atoms with Gasteiger partial charge in [0.2, 0.25) is 0 Å². The van der Waals surface area contributed by atoms with Crippen molar-refractivity contribution in [2.45, 2.75) is 18.7 Å². The van der Waals surface area contributed by atoms with Crippen molar-refractivity contribution in [3.05, 3.63) is 28.3 Å². The molecule has 0 aliphatic rings. The average Bonchev–Trinajstić information content (AvgIpc) is 2.36. The third kappa shape index (κ3) is 2.81. The SMILES string of the molecule is COC(=O)c1cc(S(=O)(=O)O)c(C)c(C(=O)OC)c1C. The van der Waals surface area contributed by atoms with Crippen molar-refractivity contribution in [2.24, 2.45) is 0 Å². The molecule has 0 aromatic heterocycles. The van der Waals surface area contributed by atoms with Gasteiger partial charge < -0.3 is 9.47 Å². The molecule has 0 saturated carbocycles. The van der Waals surface area contributed by atoms with Crippen molar-refractivity contribution in [1.82, 2.24) is 0 Å². The molecule has 0 aliphatic carbocycles. The van der Waals surface area contributed by atoms with E-state index in [1.54, 1.807) is 0 Å². The minimum atomic E-state index is -4.59. The minimum absolute atomic E-state index is 0.00417. The van der Waals surface area contributed by atoms with Crippen LogP contribution < -0.4 is 0 Å². The number of ether oxygens (including phenoxy) is 2. The number of carbonyl (C=O) groups excluding carboxylic acids is 2. The third-order valence-corrected chi connectivity index (χ3v) is 3.85. The molecule has 7 nitrogen and oxygen atoms in total. The molecule has 1 N–H and O–H groups in total. The molecule has 0 unspecified atom stereocenters. The number of methoxy groups -OCH3 is 2. The van der Waals surface area contributed by atoms with Gasteiger partial charge in [0, 0.05) is 0 Å². The van der Waals surface area contributed by atoms with Gasteiger partial charge in [-0.15, -0.1) is 0 Å². The van der Waals surface area contributed by atoms with Gasteiger partial charge in [0.25, 0.3) is 10.1 Å². The van der Waals surface area contributed by atoms with Crippen molar-refractivity contribution < 1.29 is 32.0 Å². The Labute approximate surface area is 116 Å². The second-order valence-electron chi connectivity index (χ2n) is 4.01. The van der Waals surface area contributed by atoms with E-state index in [4.69, 9.17) is 0 Å². The summed E-state index contributed by atoms with van der Waals surface area (Å²) in [5.74, 6) is -1.63. The van der Waals surface area contributed by atoms with Crippen LogP contribution in [0, 0.1) is 13.8 Å². The van der Waals surface area contributed by atoms with Crippen LogP contribution >= 0.6 is 0 Å². The van der Waals surface area contributed by atoms with Gasteiger partial charge >= 0.3 is 11.9 Å². The van der Waals surface area contributed by atoms with E-state index in [9.17, 15) is 22.6 Å². The summed E-state index contributed by atoms with van der Waals surface area (Å²) in [4.78, 5) is 22.8. The van der Waals surface area contributed by atoms with Crippen LogP contribution in [0.15, 0.2) is 11.0 Å². The fourth-order valence-corrected chi connectivity index (χ4v) is 2.64. The number of carbonyl (C=O) groups is 2. The van der Waals surface area contributed by atoms with Gasteiger partial charge in [-0.3, -0.25) is 4.55 Å². The second kappa shape index (κ2) is 5.59. The first kappa shape index (κ1) is 16.1. The largest absolute Gasteiger partial charge is 0.465 e. The van der Waals surface area contributed by atoms with Crippen LogP contribution in [-0.2, 0) is 19.6 Å². The first-order valence-corrected chi connectivity index (χ1v) is 6.87. The molecule has 20 heavy (non-hydrogen) atoms. The fourth-order valence-electron chi connectivity index (χ4n) is 1.88. The Morgan fingerprint density at radius 3 is 1.95 bits per heavy atom. The Bertz CT molecular complexity index is 674. The Hall–Kier alpha value is -1.93. The predicted molar refractivity (Wildman–Crippen MR) is 68.4 cm³/mol. The summed E-state index contributed by atoms with van der Waals surface area (Å²) in [6.07, 6.45) is 0. The molecule has 1 aromatic rings. The molecular weight excluding hydrogens is 288 g/mol. The topological polar surface area (TPSA) is 107 Å². The van der Waals surface area contributed by atoms with Crippen LogP contribution in [0.5, 0.6) is 0 Å². The first-order valence-electron chi connectivity index (χ1n) is 5.43.